The predicted octanol–water partition coefficient (Wildman–Crippen LogP) is 6.05. The summed E-state index contributed by atoms with van der Waals surface area (Å²) in [6, 6.07) is 6.60. The van der Waals surface area contributed by atoms with Crippen LogP contribution in [-0.4, -0.2) is 0 Å². The van der Waals surface area contributed by atoms with Gasteiger partial charge in [-0.15, -0.1) is 34.3 Å². The van der Waals surface area contributed by atoms with Gasteiger partial charge in [-0.25, -0.2) is 0 Å². The van der Waals surface area contributed by atoms with E-state index < -0.39 is 0 Å². The molecule has 0 aromatic carbocycles. The lowest BCUT2D eigenvalue weighted by Crippen LogP contribution is -2.07. The van der Waals surface area contributed by atoms with Gasteiger partial charge in [-0.3, -0.25) is 0 Å². The first kappa shape index (κ1) is 14.1. The summed E-state index contributed by atoms with van der Waals surface area (Å²) in [7, 11) is 0. The average molecular weight is 299 g/mol. The Labute approximate surface area is 123 Å². The molecule has 0 spiro atoms. The highest BCUT2D eigenvalue weighted by molar-refractivity contribution is 7.14. The van der Waals surface area contributed by atoms with Gasteiger partial charge in [-0.1, -0.05) is 20.8 Å². The van der Waals surface area contributed by atoms with Crippen LogP contribution in [0.1, 0.15) is 51.2 Å². The first-order valence-electron chi connectivity index (χ1n) is 6.10. The molecule has 2 rings (SSSR count). The van der Waals surface area contributed by atoms with Crippen molar-refractivity contribution in [3.05, 3.63) is 43.3 Å². The molecule has 1 unspecified atom stereocenters. The van der Waals surface area contributed by atoms with Gasteiger partial charge in [0.15, 0.2) is 0 Å². The molecule has 0 aliphatic heterocycles. The van der Waals surface area contributed by atoms with Crippen LogP contribution < -0.4 is 0 Å². The number of thiophene rings is 2. The molecule has 2 heterocycles. The van der Waals surface area contributed by atoms with Crippen LogP contribution in [0.25, 0.3) is 0 Å². The molecule has 0 N–H and O–H groups in total. The van der Waals surface area contributed by atoms with Gasteiger partial charge in [-0.2, -0.15) is 0 Å². The van der Waals surface area contributed by atoms with Crippen molar-refractivity contribution in [2.24, 2.45) is 0 Å². The largest absolute Gasteiger partial charge is 0.143 e. The van der Waals surface area contributed by atoms with Crippen molar-refractivity contribution in [3.63, 3.8) is 0 Å². The Morgan fingerprint density at radius 1 is 1.06 bits per heavy atom. The Bertz CT molecular complexity index is 524. The maximum Gasteiger partial charge on any atom is 0.102 e. The summed E-state index contributed by atoms with van der Waals surface area (Å²) in [4.78, 5) is 5.27. The van der Waals surface area contributed by atoms with Gasteiger partial charge < -0.3 is 0 Å². The van der Waals surface area contributed by atoms with E-state index in [0.29, 0.717) is 0 Å². The van der Waals surface area contributed by atoms with Crippen molar-refractivity contribution in [2.75, 3.05) is 0 Å². The second-order valence-electron chi connectivity index (χ2n) is 5.70. The highest BCUT2D eigenvalue weighted by atomic mass is 35.5. The Morgan fingerprint density at radius 3 is 2.17 bits per heavy atom. The second-order valence-corrected chi connectivity index (χ2v) is 8.54. The average Bonchev–Trinajstić information content (AvgIpc) is 2.85. The van der Waals surface area contributed by atoms with Crippen molar-refractivity contribution < 1.29 is 0 Å². The number of hydrogen-bond donors (Lipinski definition) is 0. The minimum atomic E-state index is 0.00324. The molecule has 0 fully saturated rings. The van der Waals surface area contributed by atoms with Crippen LogP contribution >= 0.6 is 34.3 Å². The normalized spacial score (nSPS) is 13.9. The lowest BCUT2D eigenvalue weighted by atomic mass is 9.95. The molecule has 0 aliphatic rings. The Kier molecular flexibility index (Phi) is 3.91. The Balaban J connectivity index is 2.29. The fraction of sp³-hybridized carbons (Fsp3) is 0.467. The maximum atomic E-state index is 6.60. The van der Waals surface area contributed by atoms with Crippen molar-refractivity contribution in [3.8, 4) is 0 Å². The zero-order valence-electron chi connectivity index (χ0n) is 11.5. The second kappa shape index (κ2) is 4.99. The van der Waals surface area contributed by atoms with Crippen LogP contribution in [0.2, 0.25) is 0 Å². The zero-order valence-corrected chi connectivity index (χ0v) is 13.9. The molecule has 0 nitrogen and oxygen atoms in total. The molecule has 0 radical (unpaired) electrons. The third-order valence-corrected chi connectivity index (χ3v) is 6.57. The highest BCUT2D eigenvalue weighted by Crippen LogP contribution is 2.40. The molecule has 18 heavy (non-hydrogen) atoms. The fourth-order valence-corrected chi connectivity index (χ4v) is 4.34. The van der Waals surface area contributed by atoms with Crippen LogP contribution in [0.3, 0.4) is 0 Å². The van der Waals surface area contributed by atoms with Gasteiger partial charge in [0.25, 0.3) is 0 Å². The molecule has 98 valence electrons. The number of halogens is 1. The third-order valence-electron chi connectivity index (χ3n) is 3.05. The minimum absolute atomic E-state index is 0.00324. The highest BCUT2D eigenvalue weighted by Gasteiger charge is 2.20. The Morgan fingerprint density at radius 2 is 1.72 bits per heavy atom. The van der Waals surface area contributed by atoms with E-state index in [1.807, 2.05) is 22.7 Å². The number of hydrogen-bond acceptors (Lipinski definition) is 2. The van der Waals surface area contributed by atoms with Crippen LogP contribution in [0.4, 0.5) is 0 Å². The van der Waals surface area contributed by atoms with Gasteiger partial charge >= 0.3 is 0 Å². The quantitative estimate of drug-likeness (QED) is 0.592. The number of rotatable bonds is 2. The smallest absolute Gasteiger partial charge is 0.102 e. The Hall–Kier alpha value is -0.310. The van der Waals surface area contributed by atoms with Gasteiger partial charge in [0.1, 0.15) is 5.38 Å². The molecule has 2 aromatic heterocycles. The van der Waals surface area contributed by atoms with E-state index in [-0.39, 0.29) is 10.8 Å². The van der Waals surface area contributed by atoms with E-state index >= 15 is 0 Å². The third kappa shape index (κ3) is 2.81. The summed E-state index contributed by atoms with van der Waals surface area (Å²) >= 11 is 10.2. The van der Waals surface area contributed by atoms with Crippen molar-refractivity contribution >= 4 is 34.3 Å². The van der Waals surface area contributed by atoms with E-state index in [2.05, 4.69) is 52.8 Å². The molecular formula is C15H19ClS2. The van der Waals surface area contributed by atoms with Gasteiger partial charge in [0.05, 0.1) is 0 Å². The first-order chi connectivity index (χ1) is 8.29. The fourth-order valence-electron chi connectivity index (χ4n) is 1.76. The van der Waals surface area contributed by atoms with Crippen molar-refractivity contribution in [1.82, 2.24) is 0 Å². The SMILES string of the molecule is Cc1cc(C(Cl)c2ccc(C(C)(C)C)s2)sc1C. The molecule has 0 amide bonds. The van der Waals surface area contributed by atoms with Crippen LogP contribution in [0.5, 0.6) is 0 Å². The summed E-state index contributed by atoms with van der Waals surface area (Å²) in [6.45, 7) is 11.0. The van der Waals surface area contributed by atoms with Crippen LogP contribution in [0, 0.1) is 13.8 Å². The zero-order chi connectivity index (χ0) is 13.5. The maximum absolute atomic E-state index is 6.60. The van der Waals surface area contributed by atoms with Gasteiger partial charge in [0.2, 0.25) is 0 Å². The summed E-state index contributed by atoms with van der Waals surface area (Å²) in [5.41, 5.74) is 1.55. The number of alkyl halides is 1. The molecule has 2 aromatic rings. The first-order valence-corrected chi connectivity index (χ1v) is 8.17. The molecule has 3 heteroatoms. The predicted molar refractivity (Wildman–Crippen MR) is 84.5 cm³/mol. The van der Waals surface area contributed by atoms with Crippen LogP contribution in [-0.2, 0) is 5.41 Å². The molecule has 1 atom stereocenters. The molecule has 0 saturated heterocycles. The van der Waals surface area contributed by atoms with E-state index in [9.17, 15) is 0 Å². The topological polar surface area (TPSA) is 0 Å². The van der Waals surface area contributed by atoms with E-state index in [0.717, 1.165) is 0 Å². The molecule has 0 saturated carbocycles. The lowest BCUT2D eigenvalue weighted by Gasteiger charge is -2.15. The summed E-state index contributed by atoms with van der Waals surface area (Å²) in [5, 5.41) is 0.00324. The molecule has 0 aliphatic carbocycles. The minimum Gasteiger partial charge on any atom is -0.143 e. The summed E-state index contributed by atoms with van der Waals surface area (Å²) in [6.07, 6.45) is 0. The molecular weight excluding hydrogens is 280 g/mol. The monoisotopic (exact) mass is 298 g/mol. The van der Waals surface area contributed by atoms with Crippen molar-refractivity contribution in [2.45, 2.75) is 45.4 Å². The standard InChI is InChI=1S/C15H19ClS2/c1-9-8-12(17-10(9)2)14(16)11-6-7-13(18-11)15(3,4)5/h6-8,14H,1-5H3. The van der Waals surface area contributed by atoms with Crippen molar-refractivity contribution in [1.29, 1.82) is 0 Å². The van der Waals surface area contributed by atoms with Gasteiger partial charge in [-0.05, 0) is 43.0 Å². The number of aryl methyl sites for hydroxylation is 2. The van der Waals surface area contributed by atoms with E-state index in [1.165, 1.54) is 25.1 Å². The van der Waals surface area contributed by atoms with Gasteiger partial charge in [0, 0.05) is 19.5 Å². The summed E-state index contributed by atoms with van der Waals surface area (Å²) < 4.78 is 0. The van der Waals surface area contributed by atoms with Crippen LogP contribution in [0.15, 0.2) is 18.2 Å². The molecule has 0 bridgehead atoms. The van der Waals surface area contributed by atoms with E-state index in [1.54, 1.807) is 0 Å². The lowest BCUT2D eigenvalue weighted by molar-refractivity contribution is 0.604. The summed E-state index contributed by atoms with van der Waals surface area (Å²) in [5.74, 6) is 0. The van der Waals surface area contributed by atoms with E-state index in [4.69, 9.17) is 11.6 Å².